The number of rotatable bonds is 7. The van der Waals surface area contributed by atoms with Gasteiger partial charge in [-0.05, 0) is 44.1 Å². The van der Waals surface area contributed by atoms with E-state index < -0.39 is 0 Å². The highest BCUT2D eigenvalue weighted by Gasteiger charge is 2.25. The summed E-state index contributed by atoms with van der Waals surface area (Å²) in [6.07, 6.45) is 8.12. The van der Waals surface area contributed by atoms with Gasteiger partial charge in [0.15, 0.2) is 0 Å². The van der Waals surface area contributed by atoms with Gasteiger partial charge in [-0.25, -0.2) is 0 Å². The zero-order chi connectivity index (χ0) is 16.1. The quantitative estimate of drug-likeness (QED) is 0.851. The Morgan fingerprint density at radius 1 is 1.30 bits per heavy atom. The normalized spacial score (nSPS) is 16.6. The van der Waals surface area contributed by atoms with E-state index in [-0.39, 0.29) is 0 Å². The van der Waals surface area contributed by atoms with E-state index >= 15 is 0 Å². The lowest BCUT2D eigenvalue weighted by Crippen LogP contribution is -2.34. The first-order valence-corrected chi connectivity index (χ1v) is 8.34. The second-order valence-corrected chi connectivity index (χ2v) is 6.30. The molecule has 1 aliphatic heterocycles. The molecule has 0 spiro atoms. The summed E-state index contributed by atoms with van der Waals surface area (Å²) in [7, 11) is 4.13. The zero-order valence-electron chi connectivity index (χ0n) is 14.0. The Hall–Kier alpha value is -1.85. The van der Waals surface area contributed by atoms with Gasteiger partial charge >= 0.3 is 0 Å². The topological polar surface area (TPSA) is 44.5 Å². The van der Waals surface area contributed by atoms with Crippen molar-refractivity contribution in [1.82, 2.24) is 15.2 Å². The number of hydrogen-bond donors (Lipinski definition) is 1. The Morgan fingerprint density at radius 3 is 2.83 bits per heavy atom. The Balaban J connectivity index is 1.63. The van der Waals surface area contributed by atoms with Gasteiger partial charge in [0.25, 0.3) is 0 Å². The van der Waals surface area contributed by atoms with Crippen molar-refractivity contribution in [3.63, 3.8) is 0 Å². The lowest BCUT2D eigenvalue weighted by molar-refractivity contribution is 0.209. The second kappa shape index (κ2) is 7.62. The van der Waals surface area contributed by atoms with Crippen LogP contribution >= 0.6 is 0 Å². The van der Waals surface area contributed by atoms with E-state index in [0.717, 1.165) is 31.9 Å². The van der Waals surface area contributed by atoms with Gasteiger partial charge in [0.1, 0.15) is 5.76 Å². The lowest BCUT2D eigenvalue weighted by Gasteiger charge is -2.26. The Kier molecular flexibility index (Phi) is 5.31. The predicted octanol–water partition coefficient (Wildman–Crippen LogP) is 2.67. The first kappa shape index (κ1) is 16.0. The molecule has 0 amide bonds. The third kappa shape index (κ3) is 3.92. The van der Waals surface area contributed by atoms with Crippen molar-refractivity contribution < 1.29 is 4.42 Å². The van der Waals surface area contributed by atoms with Crippen molar-refractivity contribution in [2.45, 2.75) is 25.4 Å². The molecule has 0 aromatic carbocycles. The SMILES string of the molecule is CN(C)c1ccncc1CNC[C@H](c1ccco1)N1CCCC1. The van der Waals surface area contributed by atoms with Crippen LogP contribution in [0.1, 0.15) is 30.2 Å². The van der Waals surface area contributed by atoms with E-state index in [1.165, 1.54) is 24.1 Å². The third-order valence-corrected chi connectivity index (χ3v) is 4.47. The van der Waals surface area contributed by atoms with Crippen LogP contribution in [-0.2, 0) is 6.54 Å². The van der Waals surface area contributed by atoms with E-state index in [2.05, 4.69) is 46.3 Å². The summed E-state index contributed by atoms with van der Waals surface area (Å²) in [5, 5.41) is 3.59. The number of hydrogen-bond acceptors (Lipinski definition) is 5. The Morgan fingerprint density at radius 2 is 2.13 bits per heavy atom. The van der Waals surface area contributed by atoms with E-state index in [1.54, 1.807) is 6.26 Å². The predicted molar refractivity (Wildman–Crippen MR) is 92.5 cm³/mol. The summed E-state index contributed by atoms with van der Waals surface area (Å²) in [6, 6.07) is 6.43. The molecule has 3 heterocycles. The van der Waals surface area contributed by atoms with Crippen LogP contribution in [-0.4, -0.2) is 43.6 Å². The van der Waals surface area contributed by atoms with Crippen molar-refractivity contribution in [2.75, 3.05) is 38.6 Å². The van der Waals surface area contributed by atoms with E-state index in [1.807, 2.05) is 18.5 Å². The van der Waals surface area contributed by atoms with E-state index in [0.29, 0.717) is 6.04 Å². The average molecular weight is 314 g/mol. The van der Waals surface area contributed by atoms with Crippen LogP contribution in [0.25, 0.3) is 0 Å². The zero-order valence-corrected chi connectivity index (χ0v) is 14.0. The molecule has 0 unspecified atom stereocenters. The molecule has 1 atom stereocenters. The van der Waals surface area contributed by atoms with Crippen molar-refractivity contribution in [1.29, 1.82) is 0 Å². The van der Waals surface area contributed by atoms with Crippen molar-refractivity contribution in [3.05, 3.63) is 48.2 Å². The number of pyridine rings is 1. The van der Waals surface area contributed by atoms with E-state index in [9.17, 15) is 0 Å². The van der Waals surface area contributed by atoms with Gasteiger partial charge in [0.2, 0.25) is 0 Å². The van der Waals surface area contributed by atoms with Crippen LogP contribution in [0.5, 0.6) is 0 Å². The van der Waals surface area contributed by atoms with Crippen molar-refractivity contribution in [3.8, 4) is 0 Å². The maximum absolute atomic E-state index is 5.67. The maximum atomic E-state index is 5.67. The summed E-state index contributed by atoms with van der Waals surface area (Å²) in [5.74, 6) is 1.05. The summed E-state index contributed by atoms with van der Waals surface area (Å²) >= 11 is 0. The molecule has 23 heavy (non-hydrogen) atoms. The fourth-order valence-corrected chi connectivity index (χ4v) is 3.28. The van der Waals surface area contributed by atoms with Crippen LogP contribution in [0, 0.1) is 0 Å². The molecule has 5 nitrogen and oxygen atoms in total. The highest BCUT2D eigenvalue weighted by molar-refractivity contribution is 5.50. The molecule has 2 aromatic heterocycles. The third-order valence-electron chi connectivity index (χ3n) is 4.47. The number of aromatic nitrogens is 1. The van der Waals surface area contributed by atoms with Crippen LogP contribution in [0.15, 0.2) is 41.3 Å². The minimum Gasteiger partial charge on any atom is -0.468 e. The molecule has 1 fully saturated rings. The molecule has 2 aromatic rings. The standard InChI is InChI=1S/C18H26N4O/c1-21(2)16-7-8-19-12-15(16)13-20-14-17(18-6-5-11-23-18)22-9-3-4-10-22/h5-8,11-12,17,20H,3-4,9-10,13-14H2,1-2H3/t17-/m1/s1. The van der Waals surface area contributed by atoms with Gasteiger partial charge in [0.05, 0.1) is 12.3 Å². The second-order valence-electron chi connectivity index (χ2n) is 6.30. The monoisotopic (exact) mass is 314 g/mol. The molecule has 0 saturated carbocycles. The molecule has 0 radical (unpaired) electrons. The molecule has 1 aliphatic rings. The summed E-state index contributed by atoms with van der Waals surface area (Å²) in [5.41, 5.74) is 2.43. The number of nitrogens with zero attached hydrogens (tertiary/aromatic N) is 3. The van der Waals surface area contributed by atoms with Gasteiger partial charge in [-0.2, -0.15) is 0 Å². The summed E-state index contributed by atoms with van der Waals surface area (Å²) in [6.45, 7) is 4.01. The number of furan rings is 1. The van der Waals surface area contributed by atoms with Crippen LogP contribution in [0.3, 0.4) is 0 Å². The first-order chi connectivity index (χ1) is 11.3. The first-order valence-electron chi connectivity index (χ1n) is 8.34. The van der Waals surface area contributed by atoms with Gasteiger partial charge in [-0.15, -0.1) is 0 Å². The number of anilines is 1. The van der Waals surface area contributed by atoms with Crippen molar-refractivity contribution >= 4 is 5.69 Å². The molecule has 124 valence electrons. The fraction of sp³-hybridized carbons (Fsp3) is 0.500. The smallest absolute Gasteiger partial charge is 0.122 e. The van der Waals surface area contributed by atoms with Crippen LogP contribution < -0.4 is 10.2 Å². The minimum atomic E-state index is 0.312. The van der Waals surface area contributed by atoms with Gasteiger partial charge in [-0.1, -0.05) is 0 Å². The summed E-state index contributed by atoms with van der Waals surface area (Å²) < 4.78 is 5.67. The van der Waals surface area contributed by atoms with Crippen LogP contribution in [0.2, 0.25) is 0 Å². The van der Waals surface area contributed by atoms with E-state index in [4.69, 9.17) is 4.42 Å². The molecule has 5 heteroatoms. The average Bonchev–Trinajstić information content (AvgIpc) is 3.25. The Bertz CT molecular complexity index is 591. The molecular weight excluding hydrogens is 288 g/mol. The largest absolute Gasteiger partial charge is 0.468 e. The van der Waals surface area contributed by atoms with Gasteiger partial charge in [0, 0.05) is 50.8 Å². The molecular formula is C18H26N4O. The highest BCUT2D eigenvalue weighted by atomic mass is 16.3. The number of nitrogens with one attached hydrogen (secondary N) is 1. The minimum absolute atomic E-state index is 0.312. The fourth-order valence-electron chi connectivity index (χ4n) is 3.28. The maximum Gasteiger partial charge on any atom is 0.122 e. The highest BCUT2D eigenvalue weighted by Crippen LogP contribution is 2.25. The van der Waals surface area contributed by atoms with Gasteiger partial charge in [-0.3, -0.25) is 9.88 Å². The van der Waals surface area contributed by atoms with Gasteiger partial charge < -0.3 is 14.6 Å². The Labute approximate surface area is 138 Å². The molecule has 1 N–H and O–H groups in total. The molecule has 3 rings (SSSR count). The van der Waals surface area contributed by atoms with Crippen molar-refractivity contribution in [2.24, 2.45) is 0 Å². The summed E-state index contributed by atoms with van der Waals surface area (Å²) in [4.78, 5) is 8.90. The molecule has 0 bridgehead atoms. The molecule has 1 saturated heterocycles. The number of likely N-dealkylation sites (tertiary alicyclic amines) is 1. The lowest BCUT2D eigenvalue weighted by atomic mass is 10.1. The van der Waals surface area contributed by atoms with Crippen LogP contribution in [0.4, 0.5) is 5.69 Å². The molecule has 0 aliphatic carbocycles.